The van der Waals surface area contributed by atoms with E-state index in [1.54, 1.807) is 0 Å². The van der Waals surface area contributed by atoms with E-state index in [0.29, 0.717) is 5.92 Å². The van der Waals surface area contributed by atoms with Gasteiger partial charge >= 0.3 is 0 Å². The van der Waals surface area contributed by atoms with E-state index in [0.717, 1.165) is 15.6 Å². The maximum absolute atomic E-state index is 6.12. The molecule has 0 aliphatic heterocycles. The molecular weight excluding hydrogens is 217 g/mol. The highest BCUT2D eigenvalue weighted by molar-refractivity contribution is 6.36. The first kappa shape index (κ1) is 11.8. The molecule has 0 radical (unpaired) electrons. The molecule has 1 unspecified atom stereocenters. The van der Waals surface area contributed by atoms with Crippen LogP contribution >= 0.6 is 23.2 Å². The largest absolute Gasteiger partial charge is 0.313 e. The molecular formula is C11H15Cl2N. The minimum atomic E-state index is 0.205. The monoisotopic (exact) mass is 231 g/mol. The summed E-state index contributed by atoms with van der Waals surface area (Å²) in [7, 11) is 1.92. The standard InChI is InChI=1S/C11H15Cl2N/c1-7(2)11(14-3)10-8(12)5-4-6-9(10)13/h4-7,11,14H,1-3H3. The van der Waals surface area contributed by atoms with Crippen molar-refractivity contribution >= 4 is 23.2 Å². The third-order valence-corrected chi connectivity index (χ3v) is 2.95. The third kappa shape index (κ3) is 2.41. The summed E-state index contributed by atoms with van der Waals surface area (Å²) in [6, 6.07) is 5.81. The molecule has 0 saturated carbocycles. The zero-order chi connectivity index (χ0) is 10.7. The van der Waals surface area contributed by atoms with Gasteiger partial charge in [-0.15, -0.1) is 0 Å². The van der Waals surface area contributed by atoms with Crippen LogP contribution in [-0.2, 0) is 0 Å². The minimum absolute atomic E-state index is 0.205. The summed E-state index contributed by atoms with van der Waals surface area (Å²) in [5.41, 5.74) is 0.994. The normalized spacial score (nSPS) is 13.3. The van der Waals surface area contributed by atoms with Crippen LogP contribution in [0.4, 0.5) is 0 Å². The van der Waals surface area contributed by atoms with Crippen LogP contribution in [0.25, 0.3) is 0 Å². The SMILES string of the molecule is CNC(c1c(Cl)cccc1Cl)C(C)C. The molecule has 0 spiro atoms. The van der Waals surface area contributed by atoms with Gasteiger partial charge in [0, 0.05) is 21.7 Å². The van der Waals surface area contributed by atoms with E-state index in [4.69, 9.17) is 23.2 Å². The van der Waals surface area contributed by atoms with Crippen molar-refractivity contribution in [1.82, 2.24) is 5.32 Å². The lowest BCUT2D eigenvalue weighted by Gasteiger charge is -2.22. The molecule has 0 aliphatic carbocycles. The quantitative estimate of drug-likeness (QED) is 0.833. The van der Waals surface area contributed by atoms with Crippen LogP contribution in [-0.4, -0.2) is 7.05 Å². The highest BCUT2D eigenvalue weighted by Gasteiger charge is 2.19. The maximum Gasteiger partial charge on any atom is 0.0468 e. The lowest BCUT2D eigenvalue weighted by molar-refractivity contribution is 0.443. The highest BCUT2D eigenvalue weighted by Crippen LogP contribution is 2.33. The van der Waals surface area contributed by atoms with Crippen molar-refractivity contribution < 1.29 is 0 Å². The van der Waals surface area contributed by atoms with Gasteiger partial charge in [-0.3, -0.25) is 0 Å². The van der Waals surface area contributed by atoms with Gasteiger partial charge in [0.1, 0.15) is 0 Å². The van der Waals surface area contributed by atoms with Gasteiger partial charge < -0.3 is 5.32 Å². The molecule has 0 aromatic heterocycles. The van der Waals surface area contributed by atoms with E-state index >= 15 is 0 Å². The van der Waals surface area contributed by atoms with Crippen LogP contribution < -0.4 is 5.32 Å². The van der Waals surface area contributed by atoms with Crippen LogP contribution in [0.15, 0.2) is 18.2 Å². The molecule has 0 aliphatic rings. The maximum atomic E-state index is 6.12. The average molecular weight is 232 g/mol. The third-order valence-electron chi connectivity index (χ3n) is 2.29. The fourth-order valence-corrected chi connectivity index (χ4v) is 2.25. The Morgan fingerprint density at radius 1 is 1.14 bits per heavy atom. The van der Waals surface area contributed by atoms with E-state index in [-0.39, 0.29) is 6.04 Å². The second-order valence-corrected chi connectivity index (χ2v) is 4.46. The summed E-state index contributed by atoms with van der Waals surface area (Å²) in [5.74, 6) is 0.456. The lowest BCUT2D eigenvalue weighted by Crippen LogP contribution is -2.22. The Kier molecular flexibility index (Phi) is 4.24. The summed E-state index contributed by atoms with van der Waals surface area (Å²) < 4.78 is 0. The van der Waals surface area contributed by atoms with E-state index < -0.39 is 0 Å². The highest BCUT2D eigenvalue weighted by atomic mass is 35.5. The summed E-state index contributed by atoms with van der Waals surface area (Å²) in [5, 5.41) is 4.69. The molecule has 1 N–H and O–H groups in total. The Labute approximate surface area is 95.4 Å². The van der Waals surface area contributed by atoms with Gasteiger partial charge in [0.25, 0.3) is 0 Å². The zero-order valence-electron chi connectivity index (χ0n) is 8.64. The number of hydrogen-bond donors (Lipinski definition) is 1. The fraction of sp³-hybridized carbons (Fsp3) is 0.455. The van der Waals surface area contributed by atoms with Gasteiger partial charge in [-0.1, -0.05) is 43.1 Å². The van der Waals surface area contributed by atoms with Crippen molar-refractivity contribution in [3.05, 3.63) is 33.8 Å². The topological polar surface area (TPSA) is 12.0 Å². The Morgan fingerprint density at radius 3 is 2.00 bits per heavy atom. The molecule has 78 valence electrons. The molecule has 1 aromatic rings. The van der Waals surface area contributed by atoms with Gasteiger partial charge in [-0.2, -0.15) is 0 Å². The first-order valence-corrected chi connectivity index (χ1v) is 5.44. The molecule has 1 nitrogen and oxygen atoms in total. The Hall–Kier alpha value is -0.240. The zero-order valence-corrected chi connectivity index (χ0v) is 10.2. The molecule has 1 atom stereocenters. The Balaban J connectivity index is 3.15. The van der Waals surface area contributed by atoms with Gasteiger partial charge in [0.05, 0.1) is 0 Å². The van der Waals surface area contributed by atoms with Crippen molar-refractivity contribution in [2.45, 2.75) is 19.9 Å². The molecule has 14 heavy (non-hydrogen) atoms. The molecule has 0 amide bonds. The van der Waals surface area contributed by atoms with Crippen LogP contribution in [0.2, 0.25) is 10.0 Å². The lowest BCUT2D eigenvalue weighted by atomic mass is 9.96. The van der Waals surface area contributed by atoms with Crippen LogP contribution in [0.3, 0.4) is 0 Å². The summed E-state index contributed by atoms with van der Waals surface area (Å²) in [4.78, 5) is 0. The Bertz CT molecular complexity index is 290. The second kappa shape index (κ2) is 5.01. The first-order valence-electron chi connectivity index (χ1n) is 4.69. The predicted molar refractivity (Wildman–Crippen MR) is 63.1 cm³/mol. The van der Waals surface area contributed by atoms with E-state index in [9.17, 15) is 0 Å². The van der Waals surface area contributed by atoms with Crippen LogP contribution in [0, 0.1) is 5.92 Å². The Morgan fingerprint density at radius 2 is 1.64 bits per heavy atom. The van der Waals surface area contributed by atoms with Crippen molar-refractivity contribution in [2.75, 3.05) is 7.05 Å². The van der Waals surface area contributed by atoms with Crippen molar-refractivity contribution in [3.63, 3.8) is 0 Å². The van der Waals surface area contributed by atoms with Crippen molar-refractivity contribution in [1.29, 1.82) is 0 Å². The number of nitrogens with one attached hydrogen (secondary N) is 1. The molecule has 0 bridgehead atoms. The van der Waals surface area contributed by atoms with Gasteiger partial charge in [-0.05, 0) is 25.1 Å². The van der Waals surface area contributed by atoms with E-state index in [1.165, 1.54) is 0 Å². The number of rotatable bonds is 3. The number of benzene rings is 1. The van der Waals surface area contributed by atoms with E-state index in [1.807, 2.05) is 25.2 Å². The molecule has 0 saturated heterocycles. The molecule has 3 heteroatoms. The molecule has 0 fully saturated rings. The summed E-state index contributed by atoms with van der Waals surface area (Å²) in [6.45, 7) is 4.28. The van der Waals surface area contributed by atoms with Crippen LogP contribution in [0.5, 0.6) is 0 Å². The molecule has 0 heterocycles. The second-order valence-electron chi connectivity index (χ2n) is 3.65. The fourth-order valence-electron chi connectivity index (χ4n) is 1.62. The molecule has 1 aromatic carbocycles. The van der Waals surface area contributed by atoms with Crippen LogP contribution in [0.1, 0.15) is 25.5 Å². The summed E-state index contributed by atoms with van der Waals surface area (Å²) in [6.07, 6.45) is 0. The number of halogens is 2. The summed E-state index contributed by atoms with van der Waals surface area (Å²) >= 11 is 12.2. The molecule has 1 rings (SSSR count). The van der Waals surface area contributed by atoms with Crippen molar-refractivity contribution in [3.8, 4) is 0 Å². The van der Waals surface area contributed by atoms with Gasteiger partial charge in [0.15, 0.2) is 0 Å². The van der Waals surface area contributed by atoms with Gasteiger partial charge in [0.2, 0.25) is 0 Å². The smallest absolute Gasteiger partial charge is 0.0468 e. The minimum Gasteiger partial charge on any atom is -0.313 e. The predicted octanol–water partition coefficient (Wildman–Crippen LogP) is 3.91. The van der Waals surface area contributed by atoms with Crippen molar-refractivity contribution in [2.24, 2.45) is 5.92 Å². The number of hydrogen-bond acceptors (Lipinski definition) is 1. The van der Waals surface area contributed by atoms with Gasteiger partial charge in [-0.25, -0.2) is 0 Å². The first-order chi connectivity index (χ1) is 6.57. The van der Waals surface area contributed by atoms with E-state index in [2.05, 4.69) is 19.2 Å². The average Bonchev–Trinajstić information content (AvgIpc) is 2.10.